The van der Waals surface area contributed by atoms with Gasteiger partial charge >= 0.3 is 0 Å². The van der Waals surface area contributed by atoms with Crippen LogP contribution >= 0.6 is 46.4 Å². The smallest absolute Gasteiger partial charge is 0.148 e. The molecule has 0 bridgehead atoms. The van der Waals surface area contributed by atoms with Crippen molar-refractivity contribution in [3.63, 3.8) is 0 Å². The fourth-order valence-electron chi connectivity index (χ4n) is 1.47. The van der Waals surface area contributed by atoms with E-state index in [9.17, 15) is 0 Å². The van der Waals surface area contributed by atoms with E-state index in [1.807, 2.05) is 6.07 Å². The first-order valence-electron chi connectivity index (χ1n) is 4.74. The highest BCUT2D eigenvalue weighted by atomic mass is 35.5. The Hall–Kier alpha value is -0.980. The third-order valence-corrected chi connectivity index (χ3v) is 3.79. The van der Waals surface area contributed by atoms with Crippen molar-refractivity contribution in [3.8, 4) is 17.2 Å². The lowest BCUT2D eigenvalue weighted by molar-refractivity contribution is 1.26. The molecule has 0 radical (unpaired) electrons. The summed E-state index contributed by atoms with van der Waals surface area (Å²) in [5.41, 5.74) is 1.31. The van der Waals surface area contributed by atoms with Crippen LogP contribution in [0.5, 0.6) is 0 Å². The van der Waals surface area contributed by atoms with Crippen molar-refractivity contribution in [2.75, 3.05) is 0 Å². The number of pyridine rings is 1. The maximum atomic E-state index is 9.03. The zero-order valence-electron chi connectivity index (χ0n) is 8.72. The third-order valence-electron chi connectivity index (χ3n) is 2.29. The lowest BCUT2D eigenvalue weighted by Crippen LogP contribution is -1.90. The lowest BCUT2D eigenvalue weighted by Gasteiger charge is -2.08. The van der Waals surface area contributed by atoms with Gasteiger partial charge < -0.3 is 0 Å². The number of benzene rings is 1. The van der Waals surface area contributed by atoms with Gasteiger partial charge in [0.05, 0.1) is 20.1 Å². The topological polar surface area (TPSA) is 36.7 Å². The Balaban J connectivity index is 2.74. The van der Waals surface area contributed by atoms with E-state index in [0.29, 0.717) is 21.2 Å². The van der Waals surface area contributed by atoms with Gasteiger partial charge in [0.1, 0.15) is 11.8 Å². The number of nitriles is 1. The second-order valence-corrected chi connectivity index (χ2v) is 4.98. The Labute approximate surface area is 124 Å². The molecule has 90 valence electrons. The van der Waals surface area contributed by atoms with Crippen LogP contribution in [0.3, 0.4) is 0 Å². The molecule has 0 saturated heterocycles. The highest BCUT2D eigenvalue weighted by Gasteiger charge is 2.14. The summed E-state index contributed by atoms with van der Waals surface area (Å²) >= 11 is 23.8. The molecule has 0 spiro atoms. The molecule has 0 aliphatic heterocycles. The summed E-state index contributed by atoms with van der Waals surface area (Å²) in [5, 5.41) is 10.3. The van der Waals surface area contributed by atoms with Gasteiger partial charge in [-0.1, -0.05) is 52.5 Å². The molecule has 1 heterocycles. The van der Waals surface area contributed by atoms with Crippen molar-refractivity contribution in [2.45, 2.75) is 0 Å². The van der Waals surface area contributed by atoms with Gasteiger partial charge in [0.2, 0.25) is 0 Å². The van der Waals surface area contributed by atoms with E-state index in [4.69, 9.17) is 51.7 Å². The van der Waals surface area contributed by atoms with Crippen molar-refractivity contribution in [1.82, 2.24) is 4.98 Å². The Kier molecular flexibility index (Phi) is 3.99. The van der Waals surface area contributed by atoms with Gasteiger partial charge in [0.25, 0.3) is 0 Å². The second-order valence-electron chi connectivity index (χ2n) is 3.38. The minimum absolute atomic E-state index is 0.222. The van der Waals surface area contributed by atoms with Crippen LogP contribution in [-0.4, -0.2) is 4.98 Å². The minimum atomic E-state index is 0.222. The second kappa shape index (κ2) is 5.34. The van der Waals surface area contributed by atoms with Crippen LogP contribution in [0.25, 0.3) is 11.1 Å². The van der Waals surface area contributed by atoms with Gasteiger partial charge in [0.15, 0.2) is 0 Å². The van der Waals surface area contributed by atoms with Crippen molar-refractivity contribution >= 4 is 46.4 Å². The summed E-state index contributed by atoms with van der Waals surface area (Å²) < 4.78 is 0. The fourth-order valence-corrected chi connectivity index (χ4v) is 2.26. The van der Waals surface area contributed by atoms with Crippen molar-refractivity contribution in [1.29, 1.82) is 5.26 Å². The predicted octanol–water partition coefficient (Wildman–Crippen LogP) is 5.23. The monoisotopic (exact) mass is 316 g/mol. The van der Waals surface area contributed by atoms with E-state index in [1.165, 1.54) is 6.20 Å². The summed E-state index contributed by atoms with van der Waals surface area (Å²) in [7, 11) is 0. The molecule has 2 nitrogen and oxygen atoms in total. The molecule has 0 N–H and O–H groups in total. The first-order chi connectivity index (χ1) is 8.54. The number of aromatic nitrogens is 1. The summed E-state index contributed by atoms with van der Waals surface area (Å²) in [4.78, 5) is 3.94. The Morgan fingerprint density at radius 2 is 1.72 bits per heavy atom. The zero-order chi connectivity index (χ0) is 13.3. The van der Waals surface area contributed by atoms with Crippen LogP contribution in [0.4, 0.5) is 0 Å². The number of halogens is 4. The van der Waals surface area contributed by atoms with Crippen LogP contribution in [0.2, 0.25) is 20.1 Å². The molecule has 0 aliphatic carbocycles. The molecule has 1 aromatic carbocycles. The van der Waals surface area contributed by atoms with E-state index >= 15 is 0 Å². The van der Waals surface area contributed by atoms with E-state index in [1.54, 1.807) is 18.2 Å². The molecule has 0 saturated carbocycles. The molecule has 1 aromatic heterocycles. The summed E-state index contributed by atoms with van der Waals surface area (Å²) in [6.07, 6.45) is 1.40. The third kappa shape index (κ3) is 2.41. The van der Waals surface area contributed by atoms with Crippen LogP contribution in [0.15, 0.2) is 24.4 Å². The van der Waals surface area contributed by atoms with E-state index in [0.717, 1.165) is 0 Å². The van der Waals surface area contributed by atoms with Gasteiger partial charge in [-0.15, -0.1) is 0 Å². The SMILES string of the molecule is N#Cc1ncc(Cl)cc1-c1ccc(Cl)c(Cl)c1Cl. The average molecular weight is 318 g/mol. The first kappa shape index (κ1) is 13.5. The van der Waals surface area contributed by atoms with Gasteiger partial charge in [-0.2, -0.15) is 5.26 Å². The number of rotatable bonds is 1. The normalized spacial score (nSPS) is 10.2. The molecular formula is C12H4Cl4N2. The molecule has 0 aliphatic rings. The lowest BCUT2D eigenvalue weighted by atomic mass is 10.0. The van der Waals surface area contributed by atoms with Gasteiger partial charge in [0, 0.05) is 17.3 Å². The Morgan fingerprint density at radius 3 is 2.39 bits per heavy atom. The van der Waals surface area contributed by atoms with Gasteiger partial charge in [-0.25, -0.2) is 4.98 Å². The molecule has 0 fully saturated rings. The number of nitrogens with zero attached hydrogens (tertiary/aromatic N) is 2. The van der Waals surface area contributed by atoms with Crippen LogP contribution in [0, 0.1) is 11.3 Å². The largest absolute Gasteiger partial charge is 0.243 e. The fraction of sp³-hybridized carbons (Fsp3) is 0. The standard InChI is InChI=1S/C12H4Cl4N2/c13-6-3-8(10(4-17)18-5-6)7-1-2-9(14)12(16)11(7)15/h1-3,5H. The molecule has 0 amide bonds. The zero-order valence-corrected chi connectivity index (χ0v) is 11.7. The van der Waals surface area contributed by atoms with Gasteiger partial charge in [-0.05, 0) is 12.1 Å². The average Bonchev–Trinajstić information content (AvgIpc) is 2.36. The van der Waals surface area contributed by atoms with Crippen molar-refractivity contribution in [3.05, 3.63) is 50.2 Å². The summed E-state index contributed by atoms with van der Waals surface area (Å²) in [6, 6.07) is 6.86. The Bertz CT molecular complexity index is 662. The van der Waals surface area contributed by atoms with Crippen molar-refractivity contribution < 1.29 is 0 Å². The maximum absolute atomic E-state index is 9.03. The number of hydrogen-bond donors (Lipinski definition) is 0. The van der Waals surface area contributed by atoms with E-state index < -0.39 is 0 Å². The highest BCUT2D eigenvalue weighted by molar-refractivity contribution is 6.49. The molecule has 6 heteroatoms. The highest BCUT2D eigenvalue weighted by Crippen LogP contribution is 2.39. The van der Waals surface area contributed by atoms with Crippen LogP contribution < -0.4 is 0 Å². The van der Waals surface area contributed by atoms with Crippen LogP contribution in [0.1, 0.15) is 5.69 Å². The first-order valence-corrected chi connectivity index (χ1v) is 6.25. The van der Waals surface area contributed by atoms with Crippen molar-refractivity contribution in [2.24, 2.45) is 0 Å². The number of hydrogen-bond acceptors (Lipinski definition) is 2. The predicted molar refractivity (Wildman–Crippen MR) is 74.4 cm³/mol. The molecule has 0 atom stereocenters. The van der Waals surface area contributed by atoms with Gasteiger partial charge in [-0.3, -0.25) is 0 Å². The van der Waals surface area contributed by atoms with Crippen LogP contribution in [-0.2, 0) is 0 Å². The summed E-state index contributed by atoms with van der Waals surface area (Å²) in [5.74, 6) is 0. The van der Waals surface area contributed by atoms with E-state index in [-0.39, 0.29) is 15.7 Å². The molecule has 2 rings (SSSR count). The molecule has 18 heavy (non-hydrogen) atoms. The quantitative estimate of drug-likeness (QED) is 0.675. The summed E-state index contributed by atoms with van der Waals surface area (Å²) in [6.45, 7) is 0. The Morgan fingerprint density at radius 1 is 1.00 bits per heavy atom. The maximum Gasteiger partial charge on any atom is 0.148 e. The molecule has 0 unspecified atom stereocenters. The molecule has 2 aromatic rings. The van der Waals surface area contributed by atoms with E-state index in [2.05, 4.69) is 4.98 Å². The molecular weight excluding hydrogens is 314 g/mol. The minimum Gasteiger partial charge on any atom is -0.243 e.